The first-order valence-electron chi connectivity index (χ1n) is 13.2. The van der Waals surface area contributed by atoms with E-state index in [0.717, 1.165) is 30.0 Å². The smallest absolute Gasteiger partial charge is 0.320 e. The van der Waals surface area contributed by atoms with E-state index in [-0.39, 0.29) is 18.0 Å². The standard InChI is InChI=1S/C30H35N5O2/c1-24(25-10-4-2-5-11-25)32-28(36)30(26-12-6-3-7-13-26)15-18-34(19-16-30)29(37)35-22-20-33(21-23-35)27-14-8-9-17-31-27/h2-14,17,24H,15-16,18-23H2,1H3,(H,32,36)/t24-/m0/s1. The first kappa shape index (κ1) is 24.8. The number of anilines is 1. The van der Waals surface area contributed by atoms with Crippen molar-refractivity contribution in [1.29, 1.82) is 0 Å². The molecule has 0 unspecified atom stereocenters. The van der Waals surface area contributed by atoms with E-state index in [9.17, 15) is 9.59 Å². The monoisotopic (exact) mass is 497 g/mol. The lowest BCUT2D eigenvalue weighted by Crippen LogP contribution is -2.57. The van der Waals surface area contributed by atoms with Crippen LogP contribution in [0.25, 0.3) is 0 Å². The molecule has 0 radical (unpaired) electrons. The molecule has 0 spiro atoms. The highest BCUT2D eigenvalue weighted by Crippen LogP contribution is 2.37. The predicted octanol–water partition coefficient (Wildman–Crippen LogP) is 4.23. The zero-order chi connectivity index (χ0) is 25.7. The molecule has 2 saturated heterocycles. The van der Waals surface area contributed by atoms with Crippen LogP contribution >= 0.6 is 0 Å². The lowest BCUT2D eigenvalue weighted by molar-refractivity contribution is -0.129. The van der Waals surface area contributed by atoms with Crippen LogP contribution in [0.1, 0.15) is 36.9 Å². The molecule has 2 aromatic carbocycles. The van der Waals surface area contributed by atoms with Gasteiger partial charge in [0.2, 0.25) is 5.91 Å². The zero-order valence-electron chi connectivity index (χ0n) is 21.4. The van der Waals surface area contributed by atoms with Gasteiger partial charge in [-0.1, -0.05) is 66.7 Å². The average molecular weight is 498 g/mol. The number of hydrogen-bond acceptors (Lipinski definition) is 4. The van der Waals surface area contributed by atoms with E-state index in [4.69, 9.17) is 0 Å². The van der Waals surface area contributed by atoms with Gasteiger partial charge in [-0.3, -0.25) is 4.79 Å². The quantitative estimate of drug-likeness (QED) is 0.573. The maximum Gasteiger partial charge on any atom is 0.320 e. The molecular formula is C30H35N5O2. The van der Waals surface area contributed by atoms with Gasteiger partial charge < -0.3 is 20.0 Å². The molecule has 3 aromatic rings. The number of rotatable bonds is 5. The van der Waals surface area contributed by atoms with Gasteiger partial charge in [0.05, 0.1) is 11.5 Å². The summed E-state index contributed by atoms with van der Waals surface area (Å²) in [6, 6.07) is 26.0. The summed E-state index contributed by atoms with van der Waals surface area (Å²) < 4.78 is 0. The zero-order valence-corrected chi connectivity index (χ0v) is 21.4. The van der Waals surface area contributed by atoms with Crippen LogP contribution < -0.4 is 10.2 Å². The first-order chi connectivity index (χ1) is 18.1. The maximum absolute atomic E-state index is 13.8. The molecule has 0 saturated carbocycles. The first-order valence-corrected chi connectivity index (χ1v) is 13.2. The van der Waals surface area contributed by atoms with Gasteiger partial charge in [-0.2, -0.15) is 0 Å². The number of piperazine rings is 1. The fourth-order valence-corrected chi connectivity index (χ4v) is 5.51. The van der Waals surface area contributed by atoms with Gasteiger partial charge in [-0.15, -0.1) is 0 Å². The number of nitrogens with one attached hydrogen (secondary N) is 1. The number of carbonyl (C=O) groups excluding carboxylic acids is 2. The molecule has 2 aliphatic heterocycles. The Kier molecular flexibility index (Phi) is 7.40. The molecule has 37 heavy (non-hydrogen) atoms. The number of benzene rings is 2. The van der Waals surface area contributed by atoms with Crippen molar-refractivity contribution in [2.45, 2.75) is 31.2 Å². The van der Waals surface area contributed by atoms with Gasteiger partial charge in [0.25, 0.3) is 0 Å². The van der Waals surface area contributed by atoms with Crippen molar-refractivity contribution in [3.05, 3.63) is 96.2 Å². The van der Waals surface area contributed by atoms with E-state index in [1.54, 1.807) is 6.20 Å². The molecule has 3 amide bonds. The van der Waals surface area contributed by atoms with Gasteiger partial charge >= 0.3 is 6.03 Å². The Morgan fingerprint density at radius 3 is 2.00 bits per heavy atom. The minimum Gasteiger partial charge on any atom is -0.353 e. The van der Waals surface area contributed by atoms with E-state index in [2.05, 4.69) is 15.2 Å². The van der Waals surface area contributed by atoms with Gasteiger partial charge in [0, 0.05) is 45.5 Å². The summed E-state index contributed by atoms with van der Waals surface area (Å²) in [6.07, 6.45) is 3.00. The van der Waals surface area contributed by atoms with Gasteiger partial charge in [-0.25, -0.2) is 9.78 Å². The normalized spacial score (nSPS) is 18.2. The lowest BCUT2D eigenvalue weighted by atomic mass is 9.71. The number of piperidine rings is 1. The number of aromatic nitrogens is 1. The molecule has 3 heterocycles. The molecule has 0 bridgehead atoms. The molecule has 1 N–H and O–H groups in total. The Hall–Kier alpha value is -3.87. The fraction of sp³-hybridized carbons (Fsp3) is 0.367. The van der Waals surface area contributed by atoms with Crippen molar-refractivity contribution >= 4 is 17.8 Å². The highest BCUT2D eigenvalue weighted by Gasteiger charge is 2.44. The van der Waals surface area contributed by atoms with Crippen molar-refractivity contribution in [1.82, 2.24) is 20.1 Å². The maximum atomic E-state index is 13.8. The summed E-state index contributed by atoms with van der Waals surface area (Å²) in [7, 11) is 0. The third-order valence-electron chi connectivity index (χ3n) is 7.82. The van der Waals surface area contributed by atoms with Crippen LogP contribution in [0.3, 0.4) is 0 Å². The topological polar surface area (TPSA) is 68.8 Å². The van der Waals surface area contributed by atoms with Crippen LogP contribution in [-0.4, -0.2) is 66.0 Å². The van der Waals surface area contributed by atoms with Crippen molar-refractivity contribution in [3.63, 3.8) is 0 Å². The third kappa shape index (κ3) is 5.31. The number of urea groups is 1. The minimum absolute atomic E-state index is 0.0335. The second-order valence-corrected chi connectivity index (χ2v) is 9.99. The summed E-state index contributed by atoms with van der Waals surface area (Å²) in [6.45, 7) is 6.02. The molecular weight excluding hydrogens is 462 g/mol. The second-order valence-electron chi connectivity index (χ2n) is 9.99. The van der Waals surface area contributed by atoms with Gasteiger partial charge in [0.1, 0.15) is 5.82 Å². The number of pyridine rings is 1. The summed E-state index contributed by atoms with van der Waals surface area (Å²) >= 11 is 0. The Labute approximate surface area is 219 Å². The summed E-state index contributed by atoms with van der Waals surface area (Å²) in [5.41, 5.74) is 1.44. The molecule has 5 rings (SSSR count). The molecule has 1 atom stereocenters. The Bertz CT molecular complexity index is 1170. The summed E-state index contributed by atoms with van der Waals surface area (Å²) in [5, 5.41) is 3.27. The predicted molar refractivity (Wildman–Crippen MR) is 145 cm³/mol. The third-order valence-corrected chi connectivity index (χ3v) is 7.82. The Morgan fingerprint density at radius 1 is 0.784 bits per heavy atom. The van der Waals surface area contributed by atoms with Crippen LogP contribution in [0.5, 0.6) is 0 Å². The average Bonchev–Trinajstić information content (AvgIpc) is 2.98. The highest BCUT2D eigenvalue weighted by atomic mass is 16.2. The van der Waals surface area contributed by atoms with Crippen molar-refractivity contribution in [3.8, 4) is 0 Å². The van der Waals surface area contributed by atoms with Crippen molar-refractivity contribution < 1.29 is 9.59 Å². The summed E-state index contributed by atoms with van der Waals surface area (Å²) in [4.78, 5) is 37.7. The van der Waals surface area contributed by atoms with E-state index in [0.29, 0.717) is 39.0 Å². The van der Waals surface area contributed by atoms with Gasteiger partial charge in [-0.05, 0) is 43.0 Å². The Morgan fingerprint density at radius 2 is 1.38 bits per heavy atom. The Balaban J connectivity index is 1.24. The van der Waals surface area contributed by atoms with Crippen LogP contribution in [0.15, 0.2) is 85.1 Å². The fourth-order valence-electron chi connectivity index (χ4n) is 5.51. The molecule has 0 aliphatic carbocycles. The molecule has 2 aliphatic rings. The van der Waals surface area contributed by atoms with E-state index in [1.807, 2.05) is 95.6 Å². The van der Waals surface area contributed by atoms with E-state index in [1.165, 1.54) is 0 Å². The van der Waals surface area contributed by atoms with Crippen LogP contribution in [0.4, 0.5) is 10.6 Å². The molecule has 1 aromatic heterocycles. The van der Waals surface area contributed by atoms with E-state index < -0.39 is 5.41 Å². The van der Waals surface area contributed by atoms with Crippen molar-refractivity contribution in [2.24, 2.45) is 0 Å². The number of likely N-dealkylation sites (tertiary alicyclic amines) is 1. The SMILES string of the molecule is C[C@H](NC(=O)C1(c2ccccc2)CCN(C(=O)N2CCN(c3ccccn3)CC2)CC1)c1ccccc1. The van der Waals surface area contributed by atoms with Crippen LogP contribution in [0, 0.1) is 0 Å². The van der Waals surface area contributed by atoms with Crippen LogP contribution in [0.2, 0.25) is 0 Å². The van der Waals surface area contributed by atoms with Gasteiger partial charge in [0.15, 0.2) is 0 Å². The number of nitrogens with zero attached hydrogens (tertiary/aromatic N) is 4. The molecule has 2 fully saturated rings. The number of carbonyl (C=O) groups is 2. The number of amides is 3. The largest absolute Gasteiger partial charge is 0.353 e. The molecule has 192 valence electrons. The minimum atomic E-state index is -0.654. The highest BCUT2D eigenvalue weighted by molar-refractivity contribution is 5.89. The van der Waals surface area contributed by atoms with E-state index >= 15 is 0 Å². The van der Waals surface area contributed by atoms with Crippen LogP contribution in [-0.2, 0) is 10.2 Å². The molecule has 7 nitrogen and oxygen atoms in total. The summed E-state index contributed by atoms with van der Waals surface area (Å²) in [5.74, 6) is 0.988. The molecule has 7 heteroatoms. The van der Waals surface area contributed by atoms with Crippen molar-refractivity contribution in [2.75, 3.05) is 44.2 Å². The number of hydrogen-bond donors (Lipinski definition) is 1. The second kappa shape index (κ2) is 11.0. The lowest BCUT2D eigenvalue weighted by Gasteiger charge is -2.44.